The van der Waals surface area contributed by atoms with Crippen molar-refractivity contribution in [3.05, 3.63) is 47.6 Å². The predicted molar refractivity (Wildman–Crippen MR) is 137 cm³/mol. The fraction of sp³-hybridized carbons (Fsp3) is 0.417. The Balaban J connectivity index is 1.36. The zero-order chi connectivity index (χ0) is 24.5. The lowest BCUT2D eigenvalue weighted by Crippen LogP contribution is -2.42. The molecule has 0 spiro atoms. The van der Waals surface area contributed by atoms with E-state index < -0.39 is 12.9 Å². The number of anilines is 2. The average Bonchev–Trinajstić information content (AvgIpc) is 3.44. The Morgan fingerprint density at radius 2 is 2.03 bits per heavy atom. The van der Waals surface area contributed by atoms with E-state index in [0.29, 0.717) is 17.4 Å². The number of rotatable bonds is 7. The third-order valence-electron chi connectivity index (χ3n) is 6.50. The number of fused-ring (bicyclic) bond motifs is 1. The Morgan fingerprint density at radius 1 is 1.23 bits per heavy atom. The number of aliphatic imine (C=N–C) groups is 1. The van der Waals surface area contributed by atoms with Crippen LogP contribution in [0.1, 0.15) is 18.5 Å². The molecule has 4 heterocycles. The Hall–Kier alpha value is -3.18. The number of nitrogens with zero attached hydrogens (tertiary/aromatic N) is 5. The van der Waals surface area contributed by atoms with Crippen LogP contribution in [0.5, 0.6) is 5.75 Å². The molecule has 2 N–H and O–H groups in total. The third-order valence-corrected chi connectivity index (χ3v) is 7.41. The molecule has 0 bridgehead atoms. The molecule has 1 fully saturated rings. The predicted octanol–water partition coefficient (Wildman–Crippen LogP) is 4.07. The van der Waals surface area contributed by atoms with Crippen LogP contribution in [0.2, 0.25) is 0 Å². The summed E-state index contributed by atoms with van der Waals surface area (Å²) in [7, 11) is 6.08. The van der Waals surface area contributed by atoms with Crippen LogP contribution in [0, 0.1) is 0 Å². The molecule has 1 saturated heterocycles. The molecule has 2 aliphatic rings. The van der Waals surface area contributed by atoms with Crippen molar-refractivity contribution >= 4 is 38.6 Å². The zero-order valence-electron chi connectivity index (χ0n) is 19.9. The maximum atomic E-state index is 13.3. The first-order valence-corrected chi connectivity index (χ1v) is 12.4. The van der Waals surface area contributed by atoms with Gasteiger partial charge in [-0.05, 0) is 56.6 Å². The van der Waals surface area contributed by atoms with Gasteiger partial charge < -0.3 is 25.2 Å². The second kappa shape index (κ2) is 9.82. The number of halogens is 2. The highest BCUT2D eigenvalue weighted by molar-refractivity contribution is 7.17. The van der Waals surface area contributed by atoms with Gasteiger partial charge in [0.1, 0.15) is 5.69 Å². The third kappa shape index (κ3) is 4.96. The highest BCUT2D eigenvalue weighted by Gasteiger charge is 2.23. The van der Waals surface area contributed by atoms with E-state index in [1.807, 2.05) is 35.3 Å². The summed E-state index contributed by atoms with van der Waals surface area (Å²) in [6.45, 7) is -1.19. The van der Waals surface area contributed by atoms with Gasteiger partial charge in [-0.3, -0.25) is 4.68 Å². The SMILES string of the molecule is CN(C)C1CCN(c2ccc(NC3N=C(c4nn(C)c5ccsc45)C=CN3)c(OC(F)F)c2)CC1. The standard InChI is InChI=1S/C24H29F2N7OS/c1-31(2)15-7-11-33(12-8-15)16-4-5-17(20(14-16)34-23(25)26)28-24-27-10-6-18(29-24)21-22-19(9-13-35-22)32(3)30-21/h4-6,9-10,13-15,23-24,27-28H,7-8,11-12H2,1-3H3. The summed E-state index contributed by atoms with van der Waals surface area (Å²) < 4.78 is 34.3. The molecular formula is C24H29F2N7OS. The maximum Gasteiger partial charge on any atom is 0.387 e. The van der Waals surface area contributed by atoms with Gasteiger partial charge in [-0.2, -0.15) is 13.9 Å². The second-order valence-electron chi connectivity index (χ2n) is 8.91. The second-order valence-corrected chi connectivity index (χ2v) is 9.83. The van der Waals surface area contributed by atoms with Gasteiger partial charge in [-0.1, -0.05) is 0 Å². The highest BCUT2D eigenvalue weighted by Crippen LogP contribution is 2.33. The minimum Gasteiger partial charge on any atom is -0.433 e. The molecule has 2 aliphatic heterocycles. The lowest BCUT2D eigenvalue weighted by molar-refractivity contribution is -0.0493. The van der Waals surface area contributed by atoms with Crippen molar-refractivity contribution in [2.75, 3.05) is 37.4 Å². The summed E-state index contributed by atoms with van der Waals surface area (Å²) in [5, 5.41) is 12.9. The first-order chi connectivity index (χ1) is 16.9. The van der Waals surface area contributed by atoms with E-state index in [1.165, 1.54) is 0 Å². The number of hydrogen-bond donors (Lipinski definition) is 2. The number of ether oxygens (including phenoxy) is 1. The van der Waals surface area contributed by atoms with E-state index in [9.17, 15) is 8.78 Å². The van der Waals surface area contributed by atoms with Gasteiger partial charge >= 0.3 is 6.61 Å². The molecule has 186 valence electrons. The van der Waals surface area contributed by atoms with Gasteiger partial charge in [-0.25, -0.2) is 4.99 Å². The summed E-state index contributed by atoms with van der Waals surface area (Å²) in [5.74, 6) is 0.0961. The van der Waals surface area contributed by atoms with E-state index in [0.717, 1.165) is 47.5 Å². The zero-order valence-corrected chi connectivity index (χ0v) is 20.7. The Labute approximate surface area is 206 Å². The monoisotopic (exact) mass is 501 g/mol. The van der Waals surface area contributed by atoms with Crippen molar-refractivity contribution in [2.45, 2.75) is 31.8 Å². The van der Waals surface area contributed by atoms with Gasteiger partial charge in [0.2, 0.25) is 0 Å². The molecule has 0 amide bonds. The summed E-state index contributed by atoms with van der Waals surface area (Å²) in [4.78, 5) is 9.18. The Bertz CT molecular complexity index is 1240. The smallest absolute Gasteiger partial charge is 0.387 e. The topological polar surface area (TPSA) is 70.0 Å². The molecule has 1 unspecified atom stereocenters. The van der Waals surface area contributed by atoms with Crippen molar-refractivity contribution in [1.29, 1.82) is 0 Å². The first kappa shape index (κ1) is 23.6. The summed E-state index contributed by atoms with van der Waals surface area (Å²) >= 11 is 1.61. The van der Waals surface area contributed by atoms with E-state index >= 15 is 0 Å². The van der Waals surface area contributed by atoms with Crippen molar-refractivity contribution in [3.63, 3.8) is 0 Å². The van der Waals surface area contributed by atoms with Gasteiger partial charge in [0.05, 0.1) is 21.6 Å². The van der Waals surface area contributed by atoms with Crippen LogP contribution in [0.25, 0.3) is 10.2 Å². The number of thiophene rings is 1. The highest BCUT2D eigenvalue weighted by atomic mass is 32.1. The lowest BCUT2D eigenvalue weighted by Gasteiger charge is -2.36. The van der Waals surface area contributed by atoms with Crippen LogP contribution in [0.3, 0.4) is 0 Å². The molecule has 35 heavy (non-hydrogen) atoms. The molecule has 11 heteroatoms. The van der Waals surface area contributed by atoms with E-state index in [1.54, 1.807) is 29.7 Å². The number of aromatic nitrogens is 2. The van der Waals surface area contributed by atoms with Gasteiger partial charge in [0.25, 0.3) is 0 Å². The number of aryl methyl sites for hydroxylation is 1. The Kier molecular flexibility index (Phi) is 6.61. The maximum absolute atomic E-state index is 13.3. The van der Waals surface area contributed by atoms with Crippen molar-refractivity contribution in [2.24, 2.45) is 12.0 Å². The van der Waals surface area contributed by atoms with Crippen molar-refractivity contribution in [3.8, 4) is 5.75 Å². The van der Waals surface area contributed by atoms with Crippen LogP contribution < -0.4 is 20.3 Å². The minimum atomic E-state index is -2.93. The summed E-state index contributed by atoms with van der Waals surface area (Å²) in [5.41, 5.74) is 3.86. The van der Waals surface area contributed by atoms with Gasteiger partial charge in [-0.15, -0.1) is 11.3 Å². The van der Waals surface area contributed by atoms with E-state index in [4.69, 9.17) is 9.73 Å². The average molecular weight is 502 g/mol. The molecule has 1 atom stereocenters. The van der Waals surface area contributed by atoms with E-state index in [-0.39, 0.29) is 5.75 Å². The Morgan fingerprint density at radius 3 is 2.77 bits per heavy atom. The number of hydrogen-bond acceptors (Lipinski definition) is 8. The fourth-order valence-corrected chi connectivity index (χ4v) is 5.52. The molecule has 0 aliphatic carbocycles. The number of benzene rings is 1. The van der Waals surface area contributed by atoms with Crippen molar-refractivity contribution < 1.29 is 13.5 Å². The van der Waals surface area contributed by atoms with Crippen molar-refractivity contribution in [1.82, 2.24) is 20.0 Å². The molecule has 5 rings (SSSR count). The molecule has 0 saturated carbocycles. The van der Waals surface area contributed by atoms with Crippen LogP contribution in [-0.4, -0.2) is 66.5 Å². The molecular weight excluding hydrogens is 472 g/mol. The number of allylic oxidation sites excluding steroid dienone is 1. The van der Waals surface area contributed by atoms with Crippen LogP contribution in [0.15, 0.2) is 46.9 Å². The van der Waals surface area contributed by atoms with E-state index in [2.05, 4.69) is 39.6 Å². The van der Waals surface area contributed by atoms with Gasteiger partial charge in [0, 0.05) is 44.1 Å². The largest absolute Gasteiger partial charge is 0.433 e. The van der Waals surface area contributed by atoms with Crippen LogP contribution in [-0.2, 0) is 7.05 Å². The van der Waals surface area contributed by atoms with Crippen LogP contribution >= 0.6 is 11.3 Å². The van der Waals surface area contributed by atoms with Gasteiger partial charge in [0.15, 0.2) is 12.0 Å². The number of nitrogens with one attached hydrogen (secondary N) is 2. The van der Waals surface area contributed by atoms with Crippen LogP contribution in [0.4, 0.5) is 20.2 Å². The molecule has 1 aromatic carbocycles. The molecule has 2 aromatic heterocycles. The quantitative estimate of drug-likeness (QED) is 0.509. The normalized spacial score (nSPS) is 18.9. The summed E-state index contributed by atoms with van der Waals surface area (Å²) in [6.07, 6.45) is 5.13. The first-order valence-electron chi connectivity index (χ1n) is 11.6. The summed E-state index contributed by atoms with van der Waals surface area (Å²) in [6, 6.07) is 7.96. The number of piperidine rings is 1. The fourth-order valence-electron chi connectivity index (χ4n) is 4.61. The lowest BCUT2D eigenvalue weighted by atomic mass is 10.0. The molecule has 3 aromatic rings. The number of alkyl halides is 2. The molecule has 8 nitrogen and oxygen atoms in total. The minimum absolute atomic E-state index is 0.0961. The molecule has 0 radical (unpaired) electrons.